The number of benzene rings is 1. The summed E-state index contributed by atoms with van der Waals surface area (Å²) in [6, 6.07) is 9.71. The van der Waals surface area contributed by atoms with E-state index in [-0.39, 0.29) is 15.7 Å². The van der Waals surface area contributed by atoms with Gasteiger partial charge in [0.05, 0.1) is 0 Å². The Kier molecular flexibility index (Phi) is 5.52. The molecule has 0 bridgehead atoms. The molecular weight excluding hydrogens is 394 g/mol. The van der Waals surface area contributed by atoms with E-state index in [0.29, 0.717) is 26.1 Å². The number of H-pyrrole nitrogens is 1. The molecule has 1 aliphatic heterocycles. The van der Waals surface area contributed by atoms with Crippen LogP contribution in [0.4, 0.5) is 0 Å². The number of nitrogens with one attached hydrogen (secondary N) is 2. The van der Waals surface area contributed by atoms with Gasteiger partial charge in [0.1, 0.15) is 9.77 Å². The molecule has 1 aliphatic rings. The lowest BCUT2D eigenvalue weighted by Gasteiger charge is -2.25. The highest BCUT2D eigenvalue weighted by atomic mass is 32.2. The number of hydrogen-bond acceptors (Lipinski definition) is 4. The van der Waals surface area contributed by atoms with E-state index in [1.54, 1.807) is 11.4 Å². The number of hydrogen-bond donors (Lipinski definition) is 2. The summed E-state index contributed by atoms with van der Waals surface area (Å²) in [4.78, 5) is 16.2. The van der Waals surface area contributed by atoms with E-state index in [2.05, 4.69) is 16.4 Å². The van der Waals surface area contributed by atoms with Crippen molar-refractivity contribution in [2.45, 2.75) is 30.6 Å². The number of carbonyl (C=O) groups is 1. The van der Waals surface area contributed by atoms with Crippen molar-refractivity contribution < 1.29 is 13.2 Å². The van der Waals surface area contributed by atoms with E-state index >= 15 is 0 Å². The van der Waals surface area contributed by atoms with Crippen molar-refractivity contribution >= 4 is 38.2 Å². The monoisotopic (exact) mass is 417 g/mol. The van der Waals surface area contributed by atoms with E-state index in [1.165, 1.54) is 15.6 Å². The Bertz CT molecular complexity index is 1080. The quantitative estimate of drug-likeness (QED) is 0.645. The highest BCUT2D eigenvalue weighted by Crippen LogP contribution is 2.27. The fourth-order valence-electron chi connectivity index (χ4n) is 3.57. The zero-order valence-electron chi connectivity index (χ0n) is 15.5. The van der Waals surface area contributed by atoms with Gasteiger partial charge in [-0.25, -0.2) is 8.42 Å². The first kappa shape index (κ1) is 19.2. The number of aromatic nitrogens is 1. The van der Waals surface area contributed by atoms with Gasteiger partial charge in [0.2, 0.25) is 10.0 Å². The van der Waals surface area contributed by atoms with E-state index in [4.69, 9.17) is 0 Å². The van der Waals surface area contributed by atoms with Crippen LogP contribution < -0.4 is 5.32 Å². The number of carbonyl (C=O) groups excluding carboxylic acids is 1. The topological polar surface area (TPSA) is 82.3 Å². The third-order valence-electron chi connectivity index (χ3n) is 5.09. The molecule has 2 N–H and O–H groups in total. The van der Waals surface area contributed by atoms with Crippen LogP contribution >= 0.6 is 11.3 Å². The Hall–Kier alpha value is -2.16. The van der Waals surface area contributed by atoms with Crippen LogP contribution in [0.5, 0.6) is 0 Å². The first-order chi connectivity index (χ1) is 13.6. The molecule has 3 aromatic rings. The highest BCUT2D eigenvalue weighted by Gasteiger charge is 2.30. The van der Waals surface area contributed by atoms with Gasteiger partial charge in [-0.2, -0.15) is 4.31 Å². The van der Waals surface area contributed by atoms with Gasteiger partial charge in [0.15, 0.2) is 0 Å². The maximum atomic E-state index is 12.9. The third kappa shape index (κ3) is 3.85. The number of aromatic amines is 1. The van der Waals surface area contributed by atoms with Crippen LogP contribution in [0.15, 0.2) is 46.8 Å². The number of fused-ring (bicyclic) bond motifs is 1. The Morgan fingerprint density at radius 1 is 1.14 bits per heavy atom. The highest BCUT2D eigenvalue weighted by molar-refractivity contribution is 7.89. The number of amides is 1. The van der Waals surface area contributed by atoms with Crippen LogP contribution in [-0.2, 0) is 16.4 Å². The molecule has 1 aromatic carbocycles. The molecule has 3 heterocycles. The van der Waals surface area contributed by atoms with Crippen molar-refractivity contribution in [2.75, 3.05) is 19.6 Å². The van der Waals surface area contributed by atoms with Crippen LogP contribution in [0.25, 0.3) is 10.9 Å². The molecule has 0 spiro atoms. The lowest BCUT2D eigenvalue weighted by molar-refractivity contribution is 0.0955. The van der Waals surface area contributed by atoms with Crippen molar-refractivity contribution in [1.29, 1.82) is 0 Å². The van der Waals surface area contributed by atoms with Crippen molar-refractivity contribution in [3.63, 3.8) is 0 Å². The van der Waals surface area contributed by atoms with Crippen molar-refractivity contribution in [3.8, 4) is 0 Å². The van der Waals surface area contributed by atoms with Crippen LogP contribution in [-0.4, -0.2) is 43.2 Å². The fraction of sp³-hybridized carbons (Fsp3) is 0.350. The molecule has 0 unspecified atom stereocenters. The minimum Gasteiger partial charge on any atom is -0.361 e. The van der Waals surface area contributed by atoms with Crippen LogP contribution in [0, 0.1) is 0 Å². The first-order valence-electron chi connectivity index (χ1n) is 9.47. The maximum absolute atomic E-state index is 12.9. The van der Waals surface area contributed by atoms with Gasteiger partial charge in [-0.3, -0.25) is 4.79 Å². The van der Waals surface area contributed by atoms with E-state index in [0.717, 1.165) is 35.7 Å². The SMILES string of the molecule is O=C(NCCc1ccc2[nH]ccc2c1)c1sccc1S(=O)(=O)N1CCCCC1. The van der Waals surface area contributed by atoms with Crippen LogP contribution in [0.2, 0.25) is 0 Å². The maximum Gasteiger partial charge on any atom is 0.262 e. The second-order valence-corrected chi connectivity index (χ2v) is 9.81. The van der Waals surface area contributed by atoms with Gasteiger partial charge in [-0.05, 0) is 59.9 Å². The standard InChI is InChI=1S/C20H23N3O3S2/c24-20(22-9-6-15-4-5-17-16(14-15)7-10-21-17)19-18(8-13-27-19)28(25,26)23-11-2-1-3-12-23/h4-5,7-8,10,13-14,21H,1-3,6,9,11-12H2,(H,22,24). The van der Waals surface area contributed by atoms with E-state index in [1.807, 2.05) is 24.4 Å². The molecule has 4 rings (SSSR count). The third-order valence-corrected chi connectivity index (χ3v) is 8.07. The molecule has 2 aromatic heterocycles. The minimum absolute atomic E-state index is 0.130. The van der Waals surface area contributed by atoms with Gasteiger partial charge in [0, 0.05) is 31.3 Å². The number of rotatable bonds is 6. The van der Waals surface area contributed by atoms with E-state index in [9.17, 15) is 13.2 Å². The summed E-state index contributed by atoms with van der Waals surface area (Å²) in [6.07, 6.45) is 5.38. The zero-order chi connectivity index (χ0) is 19.6. The second kappa shape index (κ2) is 8.06. The Labute approximate surface area is 168 Å². The molecule has 1 fully saturated rings. The van der Waals surface area contributed by atoms with Gasteiger partial charge >= 0.3 is 0 Å². The van der Waals surface area contributed by atoms with Crippen molar-refractivity contribution in [1.82, 2.24) is 14.6 Å². The molecule has 28 heavy (non-hydrogen) atoms. The lowest BCUT2D eigenvalue weighted by atomic mass is 10.1. The summed E-state index contributed by atoms with van der Waals surface area (Å²) >= 11 is 1.18. The summed E-state index contributed by atoms with van der Waals surface area (Å²) in [5, 5.41) is 5.68. The Balaban J connectivity index is 1.42. The summed E-state index contributed by atoms with van der Waals surface area (Å²) in [6.45, 7) is 1.51. The van der Waals surface area contributed by atoms with E-state index < -0.39 is 10.0 Å². The van der Waals surface area contributed by atoms with Crippen molar-refractivity contribution in [2.24, 2.45) is 0 Å². The number of nitrogens with zero attached hydrogens (tertiary/aromatic N) is 1. The molecule has 148 valence electrons. The second-order valence-electron chi connectivity index (χ2n) is 6.98. The van der Waals surface area contributed by atoms with Crippen molar-refractivity contribution in [3.05, 3.63) is 52.3 Å². The summed E-state index contributed by atoms with van der Waals surface area (Å²) in [5.74, 6) is -0.326. The average molecular weight is 418 g/mol. The zero-order valence-corrected chi connectivity index (χ0v) is 17.1. The molecule has 0 saturated carbocycles. The summed E-state index contributed by atoms with van der Waals surface area (Å²) in [7, 11) is -3.61. The number of sulfonamides is 1. The van der Waals surface area contributed by atoms with Crippen LogP contribution in [0.3, 0.4) is 0 Å². The molecule has 6 nitrogen and oxygen atoms in total. The Morgan fingerprint density at radius 2 is 1.96 bits per heavy atom. The summed E-state index contributed by atoms with van der Waals surface area (Å²) < 4.78 is 27.3. The number of thiophene rings is 1. The molecule has 1 saturated heterocycles. The normalized spacial score (nSPS) is 15.7. The molecular formula is C20H23N3O3S2. The Morgan fingerprint density at radius 3 is 2.79 bits per heavy atom. The lowest BCUT2D eigenvalue weighted by Crippen LogP contribution is -2.36. The predicted molar refractivity (Wildman–Crippen MR) is 111 cm³/mol. The average Bonchev–Trinajstić information content (AvgIpc) is 3.38. The number of piperidine rings is 1. The first-order valence-corrected chi connectivity index (χ1v) is 11.8. The molecule has 0 radical (unpaired) electrons. The van der Waals surface area contributed by atoms with Gasteiger partial charge in [-0.1, -0.05) is 12.5 Å². The molecule has 8 heteroatoms. The minimum atomic E-state index is -3.61. The summed E-state index contributed by atoms with van der Waals surface area (Å²) in [5.41, 5.74) is 2.21. The van der Waals surface area contributed by atoms with Gasteiger partial charge < -0.3 is 10.3 Å². The van der Waals surface area contributed by atoms with Crippen LogP contribution in [0.1, 0.15) is 34.5 Å². The van der Waals surface area contributed by atoms with Gasteiger partial charge in [0.25, 0.3) is 5.91 Å². The smallest absolute Gasteiger partial charge is 0.262 e. The molecule has 1 amide bonds. The predicted octanol–water partition coefficient (Wildman–Crippen LogP) is 3.38. The molecule has 0 atom stereocenters. The fourth-order valence-corrected chi connectivity index (χ4v) is 6.40. The van der Waals surface area contributed by atoms with Gasteiger partial charge in [-0.15, -0.1) is 11.3 Å². The largest absolute Gasteiger partial charge is 0.361 e. The molecule has 0 aliphatic carbocycles.